The van der Waals surface area contributed by atoms with Gasteiger partial charge in [-0.2, -0.15) is 5.11 Å². The summed E-state index contributed by atoms with van der Waals surface area (Å²) in [5.74, 6) is -0.821. The minimum Gasteiger partial charge on any atom is -0.331 e. The molecule has 0 saturated carbocycles. The maximum atomic E-state index is 5.57. The average molecular weight is 172 g/mol. The van der Waals surface area contributed by atoms with E-state index in [2.05, 4.69) is 10.2 Å². The Labute approximate surface area is 73.0 Å². The lowest BCUT2D eigenvalue weighted by atomic mass is 10.3. The Balaban J connectivity index is 2.68. The molecule has 1 rings (SSSR count). The molecule has 0 spiro atoms. The zero-order valence-corrected chi connectivity index (χ0v) is 8.13. The number of ether oxygens (including phenoxy) is 2. The van der Waals surface area contributed by atoms with E-state index in [0.29, 0.717) is 13.0 Å². The molecule has 1 atom stereocenters. The molecule has 0 aromatic rings. The van der Waals surface area contributed by atoms with Gasteiger partial charge in [-0.3, -0.25) is 0 Å². The van der Waals surface area contributed by atoms with Crippen LogP contribution < -0.4 is 0 Å². The van der Waals surface area contributed by atoms with Gasteiger partial charge in [0.25, 0.3) is 5.91 Å². The maximum absolute atomic E-state index is 5.57. The Bertz CT molecular complexity index is 191. The third kappa shape index (κ3) is 1.81. The number of rotatable bonds is 3. The van der Waals surface area contributed by atoms with Crippen LogP contribution in [-0.4, -0.2) is 18.2 Å². The molecule has 12 heavy (non-hydrogen) atoms. The second-order valence-electron chi connectivity index (χ2n) is 3.25. The van der Waals surface area contributed by atoms with Crippen molar-refractivity contribution in [3.05, 3.63) is 0 Å². The van der Waals surface area contributed by atoms with Crippen LogP contribution in [0, 0.1) is 0 Å². The summed E-state index contributed by atoms with van der Waals surface area (Å²) in [7, 11) is 0. The molecule has 0 fully saturated rings. The number of hydrogen-bond donors (Lipinski definition) is 0. The summed E-state index contributed by atoms with van der Waals surface area (Å²) < 4.78 is 11.0. The van der Waals surface area contributed by atoms with Crippen LogP contribution in [0.5, 0.6) is 0 Å². The van der Waals surface area contributed by atoms with Gasteiger partial charge in [0.2, 0.25) is 0 Å². The summed E-state index contributed by atoms with van der Waals surface area (Å²) in [5, 5.41) is 8.00. The molecular formula is C8H16N2O2. The molecule has 4 heteroatoms. The first-order valence-electron chi connectivity index (χ1n) is 4.32. The average Bonchev–Trinajstić information content (AvgIpc) is 2.29. The first-order valence-corrected chi connectivity index (χ1v) is 4.32. The van der Waals surface area contributed by atoms with Crippen LogP contribution in [-0.2, 0) is 9.47 Å². The Kier molecular flexibility index (Phi) is 2.49. The summed E-state index contributed by atoms with van der Waals surface area (Å²) in [5.41, 5.74) is -0.537. The summed E-state index contributed by atoms with van der Waals surface area (Å²) in [6.07, 6.45) is 0.688. The molecule has 0 amide bonds. The minimum absolute atomic E-state index is 0.537. The highest BCUT2D eigenvalue weighted by atomic mass is 16.7. The highest BCUT2D eigenvalue weighted by Gasteiger charge is 2.42. The van der Waals surface area contributed by atoms with Crippen molar-refractivity contribution in [3.8, 4) is 0 Å². The molecule has 1 aliphatic heterocycles. The highest BCUT2D eigenvalue weighted by molar-refractivity contribution is 4.77. The van der Waals surface area contributed by atoms with Gasteiger partial charge in [-0.05, 0) is 20.8 Å². The smallest absolute Gasteiger partial charge is 0.289 e. The summed E-state index contributed by atoms with van der Waals surface area (Å²) in [4.78, 5) is 0. The van der Waals surface area contributed by atoms with Gasteiger partial charge in [0, 0.05) is 13.0 Å². The lowest BCUT2D eigenvalue weighted by Crippen LogP contribution is -2.35. The number of hydrogen-bond acceptors (Lipinski definition) is 4. The van der Waals surface area contributed by atoms with Crippen LogP contribution in [0.3, 0.4) is 0 Å². The normalized spacial score (nSPS) is 32.7. The monoisotopic (exact) mass is 172 g/mol. The van der Waals surface area contributed by atoms with Gasteiger partial charge in [-0.1, -0.05) is 6.92 Å². The standard InChI is InChI=1S/C8H16N2O2/c1-5-8(11-6-2)10-9-7(3,4)12-8/h5-6H2,1-4H3. The van der Waals surface area contributed by atoms with E-state index in [4.69, 9.17) is 9.47 Å². The van der Waals surface area contributed by atoms with E-state index in [1.807, 2.05) is 27.7 Å². The quantitative estimate of drug-likeness (QED) is 0.655. The number of azo groups is 1. The van der Waals surface area contributed by atoms with Gasteiger partial charge >= 0.3 is 0 Å². The fourth-order valence-electron chi connectivity index (χ4n) is 1.16. The second kappa shape index (κ2) is 3.11. The number of nitrogens with zero attached hydrogens (tertiary/aromatic N) is 2. The highest BCUT2D eigenvalue weighted by Crippen LogP contribution is 2.34. The van der Waals surface area contributed by atoms with Gasteiger partial charge in [-0.25, -0.2) is 0 Å². The predicted octanol–water partition coefficient (Wildman–Crippen LogP) is 2.31. The predicted molar refractivity (Wildman–Crippen MR) is 44.7 cm³/mol. The van der Waals surface area contributed by atoms with Crippen LogP contribution >= 0.6 is 0 Å². The SMILES string of the molecule is CCOC1(CC)N=NC(C)(C)O1. The largest absolute Gasteiger partial charge is 0.331 e. The van der Waals surface area contributed by atoms with Gasteiger partial charge in [0.05, 0.1) is 0 Å². The molecule has 0 N–H and O–H groups in total. The molecule has 0 aromatic carbocycles. The van der Waals surface area contributed by atoms with E-state index in [1.54, 1.807) is 0 Å². The zero-order valence-electron chi connectivity index (χ0n) is 8.13. The van der Waals surface area contributed by atoms with Gasteiger partial charge in [-0.15, -0.1) is 5.11 Å². The first-order chi connectivity index (χ1) is 5.54. The minimum atomic E-state index is -0.821. The van der Waals surface area contributed by atoms with Crippen molar-refractivity contribution in [1.29, 1.82) is 0 Å². The van der Waals surface area contributed by atoms with Crippen molar-refractivity contribution >= 4 is 0 Å². The van der Waals surface area contributed by atoms with Gasteiger partial charge in [0.1, 0.15) is 0 Å². The van der Waals surface area contributed by atoms with Crippen molar-refractivity contribution in [2.75, 3.05) is 6.61 Å². The molecule has 4 nitrogen and oxygen atoms in total. The summed E-state index contributed by atoms with van der Waals surface area (Å²) in [6.45, 7) is 8.21. The van der Waals surface area contributed by atoms with Crippen molar-refractivity contribution in [1.82, 2.24) is 0 Å². The zero-order chi connectivity index (χ0) is 9.24. The molecule has 70 valence electrons. The Morgan fingerprint density at radius 1 is 1.25 bits per heavy atom. The van der Waals surface area contributed by atoms with Crippen molar-refractivity contribution in [2.24, 2.45) is 10.2 Å². The Hall–Kier alpha value is -0.480. The molecule has 0 radical (unpaired) electrons. The Morgan fingerprint density at radius 3 is 2.25 bits per heavy atom. The molecule has 0 aliphatic carbocycles. The molecule has 1 unspecified atom stereocenters. The van der Waals surface area contributed by atoms with Crippen molar-refractivity contribution in [3.63, 3.8) is 0 Å². The second-order valence-corrected chi connectivity index (χ2v) is 3.25. The van der Waals surface area contributed by atoms with Crippen LogP contribution in [0.2, 0.25) is 0 Å². The maximum Gasteiger partial charge on any atom is 0.289 e. The summed E-state index contributed by atoms with van der Waals surface area (Å²) in [6, 6.07) is 0. The van der Waals surface area contributed by atoms with Crippen LogP contribution in [0.1, 0.15) is 34.1 Å². The lowest BCUT2D eigenvalue weighted by molar-refractivity contribution is -0.250. The third-order valence-electron chi connectivity index (χ3n) is 1.67. The third-order valence-corrected chi connectivity index (χ3v) is 1.67. The van der Waals surface area contributed by atoms with Gasteiger partial charge < -0.3 is 9.47 Å². The molecule has 1 aliphatic rings. The fourth-order valence-corrected chi connectivity index (χ4v) is 1.16. The van der Waals surface area contributed by atoms with Crippen LogP contribution in [0.4, 0.5) is 0 Å². The molecule has 0 saturated heterocycles. The fraction of sp³-hybridized carbons (Fsp3) is 1.00. The van der Waals surface area contributed by atoms with E-state index < -0.39 is 11.6 Å². The van der Waals surface area contributed by atoms with E-state index in [-0.39, 0.29) is 0 Å². The van der Waals surface area contributed by atoms with Crippen molar-refractivity contribution < 1.29 is 9.47 Å². The summed E-state index contributed by atoms with van der Waals surface area (Å²) >= 11 is 0. The topological polar surface area (TPSA) is 43.2 Å². The Morgan fingerprint density at radius 2 is 1.92 bits per heavy atom. The molecular weight excluding hydrogens is 156 g/mol. The van der Waals surface area contributed by atoms with Gasteiger partial charge in [0.15, 0.2) is 5.72 Å². The van der Waals surface area contributed by atoms with E-state index in [0.717, 1.165) is 0 Å². The first kappa shape index (κ1) is 9.61. The van der Waals surface area contributed by atoms with E-state index in [1.165, 1.54) is 0 Å². The van der Waals surface area contributed by atoms with E-state index >= 15 is 0 Å². The van der Waals surface area contributed by atoms with Crippen molar-refractivity contribution in [2.45, 2.75) is 45.8 Å². The lowest BCUT2D eigenvalue weighted by Gasteiger charge is -2.25. The molecule has 1 heterocycles. The van der Waals surface area contributed by atoms with Crippen LogP contribution in [0.15, 0.2) is 10.2 Å². The molecule has 0 bridgehead atoms. The molecule has 0 aromatic heterocycles. The van der Waals surface area contributed by atoms with E-state index in [9.17, 15) is 0 Å². The van der Waals surface area contributed by atoms with Crippen LogP contribution in [0.25, 0.3) is 0 Å².